The fourth-order valence-corrected chi connectivity index (χ4v) is 5.84. The topological polar surface area (TPSA) is 121 Å². The van der Waals surface area contributed by atoms with E-state index in [-0.39, 0.29) is 35.0 Å². The fraction of sp³-hybridized carbons (Fsp3) is 0.500. The number of amides is 1. The van der Waals surface area contributed by atoms with Gasteiger partial charge in [0.15, 0.2) is 5.16 Å². The van der Waals surface area contributed by atoms with Crippen LogP contribution >= 0.6 is 11.8 Å². The van der Waals surface area contributed by atoms with Crippen molar-refractivity contribution in [3.8, 4) is 5.75 Å². The smallest absolute Gasteiger partial charge is 0.254 e. The molecular weight excluding hydrogens is 464 g/mol. The average Bonchev–Trinajstić information content (AvgIpc) is 2.80. The fourth-order valence-electron chi connectivity index (χ4n) is 3.74. The van der Waals surface area contributed by atoms with E-state index in [9.17, 15) is 18.0 Å². The largest absolute Gasteiger partial charge is 0.492 e. The maximum atomic E-state index is 13.2. The number of sulfonamides is 1. The van der Waals surface area contributed by atoms with Crippen molar-refractivity contribution in [2.24, 2.45) is 0 Å². The van der Waals surface area contributed by atoms with E-state index in [4.69, 9.17) is 4.74 Å². The minimum Gasteiger partial charge on any atom is -0.492 e. The van der Waals surface area contributed by atoms with Gasteiger partial charge < -0.3 is 15.0 Å². The predicted molar refractivity (Wildman–Crippen MR) is 129 cm³/mol. The summed E-state index contributed by atoms with van der Waals surface area (Å²) >= 11 is 1.34. The van der Waals surface area contributed by atoms with Gasteiger partial charge in [0.25, 0.3) is 5.56 Å². The van der Waals surface area contributed by atoms with E-state index in [1.165, 1.54) is 22.1 Å². The zero-order valence-corrected chi connectivity index (χ0v) is 20.8. The van der Waals surface area contributed by atoms with Gasteiger partial charge in [-0.05, 0) is 57.6 Å². The maximum Gasteiger partial charge on any atom is 0.254 e. The zero-order chi connectivity index (χ0) is 24.0. The number of carbonyl (C=O) groups is 1. The normalized spacial score (nSPS) is 14.8. The molecule has 0 aliphatic carbocycles. The van der Waals surface area contributed by atoms with Crippen LogP contribution in [0.2, 0.25) is 0 Å². The molecule has 11 heteroatoms. The van der Waals surface area contributed by atoms with Crippen molar-refractivity contribution in [1.82, 2.24) is 14.3 Å². The van der Waals surface area contributed by atoms with Crippen molar-refractivity contribution in [3.05, 3.63) is 39.8 Å². The molecule has 2 N–H and O–H groups in total. The van der Waals surface area contributed by atoms with Crippen molar-refractivity contribution in [1.29, 1.82) is 0 Å². The lowest BCUT2D eigenvalue weighted by atomic mass is 10.1. The molecule has 1 aromatic carbocycles. The Balaban J connectivity index is 1.76. The van der Waals surface area contributed by atoms with Crippen LogP contribution in [0.25, 0.3) is 0 Å². The van der Waals surface area contributed by atoms with Crippen LogP contribution in [-0.4, -0.2) is 54.6 Å². The van der Waals surface area contributed by atoms with Crippen LogP contribution in [0.5, 0.6) is 5.75 Å². The number of aromatic nitrogens is 2. The third-order valence-corrected chi connectivity index (χ3v) is 7.96. The van der Waals surface area contributed by atoms with E-state index in [1.54, 1.807) is 26.0 Å². The highest BCUT2D eigenvalue weighted by atomic mass is 32.2. The molecule has 1 aliphatic heterocycles. The second kappa shape index (κ2) is 11.2. The molecule has 180 valence electrons. The van der Waals surface area contributed by atoms with Crippen LogP contribution < -0.4 is 15.6 Å². The minimum absolute atomic E-state index is 0.0493. The number of rotatable bonds is 9. The lowest BCUT2D eigenvalue weighted by Crippen LogP contribution is -2.35. The number of nitrogens with zero attached hydrogens (tertiary/aromatic N) is 2. The predicted octanol–water partition coefficient (Wildman–Crippen LogP) is 2.94. The highest BCUT2D eigenvalue weighted by Crippen LogP contribution is 2.31. The van der Waals surface area contributed by atoms with Gasteiger partial charge in [-0.15, -0.1) is 0 Å². The van der Waals surface area contributed by atoms with Crippen LogP contribution in [0, 0.1) is 6.92 Å². The van der Waals surface area contributed by atoms with E-state index in [2.05, 4.69) is 15.3 Å². The van der Waals surface area contributed by atoms with Gasteiger partial charge in [0.1, 0.15) is 10.6 Å². The van der Waals surface area contributed by atoms with Gasteiger partial charge in [-0.25, -0.2) is 13.4 Å². The molecule has 2 heterocycles. The van der Waals surface area contributed by atoms with Gasteiger partial charge in [-0.1, -0.05) is 18.2 Å². The first-order chi connectivity index (χ1) is 15.8. The van der Waals surface area contributed by atoms with Crippen LogP contribution in [0.1, 0.15) is 43.9 Å². The first-order valence-corrected chi connectivity index (χ1v) is 13.6. The first kappa shape index (κ1) is 25.3. The zero-order valence-electron chi connectivity index (χ0n) is 19.1. The molecule has 0 saturated carbocycles. The highest BCUT2D eigenvalue weighted by molar-refractivity contribution is 7.98. The molecule has 0 spiro atoms. The first-order valence-electron chi connectivity index (χ1n) is 11.0. The summed E-state index contributed by atoms with van der Waals surface area (Å²) in [7, 11) is -3.75. The number of aryl methyl sites for hydroxylation is 1. The van der Waals surface area contributed by atoms with Gasteiger partial charge in [0, 0.05) is 36.5 Å². The third kappa shape index (κ3) is 6.15. The van der Waals surface area contributed by atoms with Gasteiger partial charge in [0.2, 0.25) is 15.9 Å². The van der Waals surface area contributed by atoms with E-state index in [0.29, 0.717) is 41.8 Å². The van der Waals surface area contributed by atoms with Crippen molar-refractivity contribution in [3.63, 3.8) is 0 Å². The number of aromatic amines is 1. The molecule has 1 aliphatic rings. The van der Waals surface area contributed by atoms with Gasteiger partial charge in [0.05, 0.1) is 6.61 Å². The molecule has 1 saturated heterocycles. The number of piperidine rings is 1. The monoisotopic (exact) mass is 494 g/mol. The van der Waals surface area contributed by atoms with Crippen LogP contribution in [-0.2, 0) is 21.2 Å². The van der Waals surface area contributed by atoms with Crippen LogP contribution in [0.15, 0.2) is 33.0 Å². The molecule has 0 unspecified atom stereocenters. The van der Waals surface area contributed by atoms with Crippen molar-refractivity contribution < 1.29 is 17.9 Å². The summed E-state index contributed by atoms with van der Waals surface area (Å²) in [6, 6.07) is 4.63. The third-order valence-electron chi connectivity index (χ3n) is 5.46. The molecule has 1 amide bonds. The van der Waals surface area contributed by atoms with Gasteiger partial charge >= 0.3 is 0 Å². The molecule has 0 atom stereocenters. The summed E-state index contributed by atoms with van der Waals surface area (Å²) in [6.07, 6.45) is 4.77. The summed E-state index contributed by atoms with van der Waals surface area (Å²) in [4.78, 5) is 31.9. The Labute approximate surface area is 198 Å². The average molecular weight is 495 g/mol. The Kier molecular flexibility index (Phi) is 8.55. The van der Waals surface area contributed by atoms with Crippen LogP contribution in [0.3, 0.4) is 0 Å². The Morgan fingerprint density at radius 2 is 2.00 bits per heavy atom. The molecule has 33 heavy (non-hydrogen) atoms. The van der Waals surface area contributed by atoms with E-state index < -0.39 is 10.0 Å². The molecule has 3 rings (SSSR count). The summed E-state index contributed by atoms with van der Waals surface area (Å²) in [5.41, 5.74) is 1.16. The second-order valence-corrected chi connectivity index (χ2v) is 10.4. The minimum atomic E-state index is -3.75. The second-order valence-electron chi connectivity index (χ2n) is 7.75. The van der Waals surface area contributed by atoms with E-state index in [0.717, 1.165) is 19.3 Å². The van der Waals surface area contributed by atoms with Crippen molar-refractivity contribution in [2.75, 3.05) is 31.3 Å². The Morgan fingerprint density at radius 1 is 1.27 bits per heavy atom. The lowest BCUT2D eigenvalue weighted by molar-refractivity contribution is -0.116. The summed E-state index contributed by atoms with van der Waals surface area (Å²) in [5.74, 6) is -0.0589. The number of anilines is 1. The molecule has 1 aromatic heterocycles. The molecule has 9 nitrogen and oxygen atoms in total. The number of hydrogen-bond acceptors (Lipinski definition) is 7. The molecule has 0 bridgehead atoms. The van der Waals surface area contributed by atoms with Gasteiger partial charge in [-0.2, -0.15) is 4.31 Å². The number of ether oxygens (including phenoxy) is 1. The number of benzene rings is 1. The summed E-state index contributed by atoms with van der Waals surface area (Å²) < 4.78 is 33.5. The molecule has 2 aromatic rings. The number of H-pyrrole nitrogens is 1. The molecule has 1 fully saturated rings. The Morgan fingerprint density at radius 3 is 2.64 bits per heavy atom. The van der Waals surface area contributed by atoms with Crippen molar-refractivity contribution >= 4 is 33.4 Å². The summed E-state index contributed by atoms with van der Waals surface area (Å²) in [6.45, 7) is 4.80. The van der Waals surface area contributed by atoms with Gasteiger partial charge in [-0.3, -0.25) is 9.59 Å². The quantitative estimate of drug-likeness (QED) is 0.406. The Bertz CT molecular complexity index is 1160. The van der Waals surface area contributed by atoms with Crippen LogP contribution in [0.4, 0.5) is 5.69 Å². The number of thioether (sulfide) groups is 1. The van der Waals surface area contributed by atoms with Crippen molar-refractivity contribution in [2.45, 2.75) is 56.0 Å². The number of nitrogens with one attached hydrogen (secondary N) is 2. The number of hydrogen-bond donors (Lipinski definition) is 2. The van der Waals surface area contributed by atoms with E-state index in [1.807, 2.05) is 6.26 Å². The Hall–Kier alpha value is -2.37. The standard InChI is InChI=1S/C22H30N4O5S2/c1-4-31-18-10-8-16(14-19(18)33(29,30)26-12-6-5-7-13-26)24-20(27)11-9-17-15(2)23-22(32-3)25-21(17)28/h8,10,14H,4-7,9,11-13H2,1-3H3,(H,24,27)(H,23,25,28). The van der Waals surface area contributed by atoms with E-state index >= 15 is 0 Å². The molecular formula is C22H30N4O5S2. The highest BCUT2D eigenvalue weighted by Gasteiger charge is 2.29. The SMILES string of the molecule is CCOc1ccc(NC(=O)CCc2c(C)nc(SC)[nH]c2=O)cc1S(=O)(=O)N1CCCCC1. The maximum absolute atomic E-state index is 13.2. The lowest BCUT2D eigenvalue weighted by Gasteiger charge is -2.27. The summed E-state index contributed by atoms with van der Waals surface area (Å²) in [5, 5.41) is 3.27. The number of carbonyl (C=O) groups excluding carboxylic acids is 1. The molecule has 0 radical (unpaired) electrons.